The topological polar surface area (TPSA) is 48.5 Å². The van der Waals surface area contributed by atoms with Gasteiger partial charge in [0.2, 0.25) is 0 Å². The van der Waals surface area contributed by atoms with Gasteiger partial charge in [0, 0.05) is 23.5 Å². The summed E-state index contributed by atoms with van der Waals surface area (Å²) in [4.78, 5) is 4.81. The normalized spacial score (nSPS) is 10.9. The molecule has 0 spiro atoms. The predicted octanol–water partition coefficient (Wildman–Crippen LogP) is 4.91. The first-order chi connectivity index (χ1) is 14.8. The number of hydrogen-bond acceptors (Lipinski definition) is 3. The van der Waals surface area contributed by atoms with E-state index in [0.29, 0.717) is 13.1 Å². The van der Waals surface area contributed by atoms with Crippen LogP contribution in [0.5, 0.6) is 0 Å². The molecule has 2 aromatic carbocycles. The third-order valence-electron chi connectivity index (χ3n) is 4.93. The molecule has 0 fully saturated rings. The van der Waals surface area contributed by atoms with Crippen molar-refractivity contribution in [2.45, 2.75) is 13.1 Å². The van der Waals surface area contributed by atoms with Gasteiger partial charge in [0.1, 0.15) is 0 Å². The smallest absolute Gasteiger partial charge is 0.0923 e. The van der Waals surface area contributed by atoms with Crippen LogP contribution in [0.2, 0.25) is 0 Å². The highest BCUT2D eigenvalue weighted by Crippen LogP contribution is 2.17. The zero-order valence-corrected chi connectivity index (χ0v) is 16.5. The second kappa shape index (κ2) is 8.17. The minimum absolute atomic E-state index is 0.634. The Kier molecular flexibility index (Phi) is 4.92. The molecule has 30 heavy (non-hydrogen) atoms. The van der Waals surface area contributed by atoms with Crippen molar-refractivity contribution in [1.29, 1.82) is 0 Å². The molecule has 146 valence electrons. The molecule has 0 unspecified atom stereocenters. The number of nitrogens with zero attached hydrogens (tertiary/aromatic N) is 5. The van der Waals surface area contributed by atoms with Crippen molar-refractivity contribution in [3.05, 3.63) is 115 Å². The fourth-order valence-corrected chi connectivity index (χ4v) is 3.46. The summed E-state index contributed by atoms with van der Waals surface area (Å²) in [6.07, 6.45) is 3.99. The Hall–Kier alpha value is -3.99. The van der Waals surface area contributed by atoms with E-state index in [4.69, 9.17) is 4.98 Å². The lowest BCUT2D eigenvalue weighted by molar-refractivity contribution is 0.649. The second-order valence-corrected chi connectivity index (χ2v) is 7.15. The van der Waals surface area contributed by atoms with Crippen LogP contribution in [0.1, 0.15) is 11.4 Å². The first-order valence-electron chi connectivity index (χ1n) is 9.96. The van der Waals surface area contributed by atoms with E-state index in [-0.39, 0.29) is 0 Å². The van der Waals surface area contributed by atoms with E-state index in [1.54, 1.807) is 0 Å². The van der Waals surface area contributed by atoms with Gasteiger partial charge in [0.05, 0.1) is 35.9 Å². The van der Waals surface area contributed by atoms with Crippen LogP contribution < -0.4 is 0 Å². The van der Waals surface area contributed by atoms with E-state index in [1.165, 1.54) is 0 Å². The van der Waals surface area contributed by atoms with Crippen LogP contribution in [-0.4, -0.2) is 24.5 Å². The largest absolute Gasteiger partial charge is 0.266 e. The lowest BCUT2D eigenvalue weighted by atomic mass is 10.2. The Balaban J connectivity index is 1.29. The first-order valence-corrected chi connectivity index (χ1v) is 9.96. The zero-order chi connectivity index (χ0) is 20.2. The third kappa shape index (κ3) is 4.05. The maximum atomic E-state index is 4.81. The lowest BCUT2D eigenvalue weighted by Gasteiger charge is -2.06. The molecule has 0 aliphatic heterocycles. The van der Waals surface area contributed by atoms with Crippen molar-refractivity contribution in [3.63, 3.8) is 0 Å². The summed E-state index contributed by atoms with van der Waals surface area (Å²) in [5.41, 5.74) is 6.13. The molecule has 0 N–H and O–H groups in total. The van der Waals surface area contributed by atoms with Crippen LogP contribution in [0, 0.1) is 0 Å². The number of rotatable bonds is 6. The van der Waals surface area contributed by atoms with E-state index >= 15 is 0 Å². The summed E-state index contributed by atoms with van der Waals surface area (Å²) in [5.74, 6) is 0. The molecular formula is C25H21N5. The number of hydrogen-bond donors (Lipinski definition) is 0. The highest BCUT2D eigenvalue weighted by Gasteiger charge is 2.06. The fraction of sp³-hybridized carbons (Fsp3) is 0.0800. The Morgan fingerprint density at radius 3 is 1.43 bits per heavy atom. The van der Waals surface area contributed by atoms with Crippen molar-refractivity contribution in [1.82, 2.24) is 24.5 Å². The van der Waals surface area contributed by atoms with Gasteiger partial charge in [-0.25, -0.2) is 0 Å². The molecule has 0 aliphatic rings. The van der Waals surface area contributed by atoms with Crippen LogP contribution in [0.15, 0.2) is 103 Å². The quantitative estimate of drug-likeness (QED) is 0.413. The van der Waals surface area contributed by atoms with Crippen LogP contribution in [-0.2, 0) is 13.1 Å². The molecule has 3 aromatic heterocycles. The van der Waals surface area contributed by atoms with Gasteiger partial charge in [-0.1, -0.05) is 66.7 Å². The summed E-state index contributed by atoms with van der Waals surface area (Å²) in [5, 5.41) is 9.37. The molecule has 0 amide bonds. The molecule has 0 aliphatic carbocycles. The van der Waals surface area contributed by atoms with E-state index in [0.717, 1.165) is 33.9 Å². The lowest BCUT2D eigenvalue weighted by Crippen LogP contribution is -2.07. The molecular weight excluding hydrogens is 370 g/mol. The Bertz CT molecular complexity index is 1140. The maximum absolute atomic E-state index is 4.81. The number of pyridine rings is 1. The van der Waals surface area contributed by atoms with Crippen molar-refractivity contribution in [3.8, 4) is 22.5 Å². The average Bonchev–Trinajstić information content (AvgIpc) is 3.45. The maximum Gasteiger partial charge on any atom is 0.0923 e. The van der Waals surface area contributed by atoms with Gasteiger partial charge in [-0.3, -0.25) is 14.3 Å². The van der Waals surface area contributed by atoms with Crippen molar-refractivity contribution < 1.29 is 0 Å². The van der Waals surface area contributed by atoms with E-state index < -0.39 is 0 Å². The summed E-state index contributed by atoms with van der Waals surface area (Å²) < 4.78 is 3.85. The van der Waals surface area contributed by atoms with Crippen LogP contribution in [0.3, 0.4) is 0 Å². The predicted molar refractivity (Wildman–Crippen MR) is 118 cm³/mol. The molecule has 0 radical (unpaired) electrons. The van der Waals surface area contributed by atoms with Gasteiger partial charge in [0.25, 0.3) is 0 Å². The van der Waals surface area contributed by atoms with Gasteiger partial charge in [-0.2, -0.15) is 10.2 Å². The van der Waals surface area contributed by atoms with Gasteiger partial charge < -0.3 is 0 Å². The average molecular weight is 391 g/mol. The summed E-state index contributed by atoms with van der Waals surface area (Å²) in [6, 6.07) is 30.6. The van der Waals surface area contributed by atoms with Gasteiger partial charge in [-0.15, -0.1) is 0 Å². The Morgan fingerprint density at radius 2 is 0.967 bits per heavy atom. The minimum Gasteiger partial charge on any atom is -0.266 e. The highest BCUT2D eigenvalue weighted by atomic mass is 15.3. The molecule has 3 heterocycles. The van der Waals surface area contributed by atoms with E-state index in [2.05, 4.69) is 34.5 Å². The summed E-state index contributed by atoms with van der Waals surface area (Å²) in [6.45, 7) is 1.27. The molecule has 0 bridgehead atoms. The molecule has 5 rings (SSSR count). The van der Waals surface area contributed by atoms with Crippen LogP contribution >= 0.6 is 0 Å². The van der Waals surface area contributed by atoms with Gasteiger partial charge in [0.15, 0.2) is 0 Å². The van der Waals surface area contributed by atoms with Gasteiger partial charge in [-0.05, 0) is 24.3 Å². The first kappa shape index (κ1) is 18.1. The molecule has 5 nitrogen and oxygen atoms in total. The number of aromatic nitrogens is 5. The Morgan fingerprint density at radius 1 is 0.500 bits per heavy atom. The molecule has 0 saturated carbocycles. The molecule has 0 saturated heterocycles. The van der Waals surface area contributed by atoms with E-state index in [1.807, 2.05) is 88.5 Å². The van der Waals surface area contributed by atoms with E-state index in [9.17, 15) is 0 Å². The van der Waals surface area contributed by atoms with Gasteiger partial charge >= 0.3 is 0 Å². The van der Waals surface area contributed by atoms with Crippen LogP contribution in [0.25, 0.3) is 22.5 Å². The minimum atomic E-state index is 0.634. The summed E-state index contributed by atoms with van der Waals surface area (Å²) >= 11 is 0. The second-order valence-electron chi connectivity index (χ2n) is 7.15. The van der Waals surface area contributed by atoms with Crippen molar-refractivity contribution in [2.75, 3.05) is 0 Å². The SMILES string of the molecule is c1ccc(-c2ccn(Cc3cccc(Cn4ccc(-c5ccccc5)n4)n3)n2)cc1. The number of benzene rings is 2. The monoisotopic (exact) mass is 391 g/mol. The van der Waals surface area contributed by atoms with Crippen LogP contribution in [0.4, 0.5) is 0 Å². The van der Waals surface area contributed by atoms with Crippen molar-refractivity contribution >= 4 is 0 Å². The standard InChI is InChI=1S/C25H21N5/c1-3-8-20(9-4-1)24-14-16-29(27-24)18-22-12-7-13-23(26-22)19-30-17-15-25(28-30)21-10-5-2-6-11-21/h1-17H,18-19H2. The summed E-state index contributed by atoms with van der Waals surface area (Å²) in [7, 11) is 0. The molecule has 0 atom stereocenters. The van der Waals surface area contributed by atoms with Crippen molar-refractivity contribution in [2.24, 2.45) is 0 Å². The Labute approximate surface area is 175 Å². The third-order valence-corrected chi connectivity index (χ3v) is 4.93. The zero-order valence-electron chi connectivity index (χ0n) is 16.5. The fourth-order valence-electron chi connectivity index (χ4n) is 3.46. The molecule has 5 heteroatoms. The molecule has 5 aromatic rings. The highest BCUT2D eigenvalue weighted by molar-refractivity contribution is 5.58.